The molecule has 2 nitrogen and oxygen atoms in total. The summed E-state index contributed by atoms with van der Waals surface area (Å²) in [4.78, 5) is 2.15. The minimum absolute atomic E-state index is 0.136. The van der Waals surface area contributed by atoms with E-state index >= 15 is 0 Å². The standard InChI is InChI=1S/C19H19F3N2S/c20-19(21,22)17-6-2-3-14(12-17)7-8-24-9-10-25-18(24)16-5-1-4-15(11-16)13-23/h1-6,9-12,18H,7-8,13,23H2. The van der Waals surface area contributed by atoms with Crippen LogP contribution in [0.15, 0.2) is 60.1 Å². The first-order valence-electron chi connectivity index (χ1n) is 8.00. The predicted octanol–water partition coefficient (Wildman–Crippen LogP) is 4.93. The van der Waals surface area contributed by atoms with E-state index in [2.05, 4.69) is 17.0 Å². The molecule has 25 heavy (non-hydrogen) atoms. The molecule has 1 unspecified atom stereocenters. The van der Waals surface area contributed by atoms with E-state index in [0.29, 0.717) is 25.1 Å². The summed E-state index contributed by atoms with van der Waals surface area (Å²) in [5, 5.41) is 2.16. The zero-order chi connectivity index (χ0) is 17.9. The van der Waals surface area contributed by atoms with Crippen molar-refractivity contribution in [1.82, 2.24) is 4.90 Å². The van der Waals surface area contributed by atoms with Crippen LogP contribution < -0.4 is 5.73 Å². The fourth-order valence-electron chi connectivity index (χ4n) is 2.84. The van der Waals surface area contributed by atoms with E-state index in [1.807, 2.05) is 23.7 Å². The molecule has 0 saturated heterocycles. The molecule has 2 N–H and O–H groups in total. The Morgan fingerprint density at radius 2 is 1.80 bits per heavy atom. The maximum atomic E-state index is 12.8. The number of benzene rings is 2. The Morgan fingerprint density at radius 1 is 1.04 bits per heavy atom. The molecule has 1 aliphatic rings. The molecule has 0 aliphatic carbocycles. The highest BCUT2D eigenvalue weighted by Gasteiger charge is 2.30. The summed E-state index contributed by atoms with van der Waals surface area (Å²) in [5.74, 6) is 0. The highest BCUT2D eigenvalue weighted by atomic mass is 32.2. The fourth-order valence-corrected chi connectivity index (χ4v) is 3.85. The number of rotatable bonds is 5. The lowest BCUT2D eigenvalue weighted by atomic mass is 10.1. The Balaban J connectivity index is 1.69. The van der Waals surface area contributed by atoms with Crippen molar-refractivity contribution in [3.8, 4) is 0 Å². The molecule has 3 rings (SSSR count). The Morgan fingerprint density at radius 3 is 2.56 bits per heavy atom. The topological polar surface area (TPSA) is 29.3 Å². The predicted molar refractivity (Wildman–Crippen MR) is 95.7 cm³/mol. The second kappa shape index (κ2) is 7.54. The van der Waals surface area contributed by atoms with Gasteiger partial charge in [0.15, 0.2) is 0 Å². The van der Waals surface area contributed by atoms with E-state index in [9.17, 15) is 13.2 Å². The smallest absolute Gasteiger partial charge is 0.360 e. The third-order valence-electron chi connectivity index (χ3n) is 4.15. The van der Waals surface area contributed by atoms with Gasteiger partial charge in [-0.2, -0.15) is 13.2 Å². The van der Waals surface area contributed by atoms with Gasteiger partial charge in [-0.3, -0.25) is 0 Å². The summed E-state index contributed by atoms with van der Waals surface area (Å²) in [7, 11) is 0. The quantitative estimate of drug-likeness (QED) is 0.816. The van der Waals surface area contributed by atoms with Crippen molar-refractivity contribution in [3.63, 3.8) is 0 Å². The number of thioether (sulfide) groups is 1. The van der Waals surface area contributed by atoms with Crippen LogP contribution in [-0.4, -0.2) is 11.4 Å². The van der Waals surface area contributed by atoms with Crippen molar-refractivity contribution in [2.45, 2.75) is 24.5 Å². The van der Waals surface area contributed by atoms with E-state index in [-0.39, 0.29) is 5.37 Å². The maximum Gasteiger partial charge on any atom is 0.416 e. The lowest BCUT2D eigenvalue weighted by Crippen LogP contribution is -2.21. The minimum atomic E-state index is -4.30. The molecule has 0 fully saturated rings. The lowest BCUT2D eigenvalue weighted by molar-refractivity contribution is -0.137. The summed E-state index contributed by atoms with van der Waals surface area (Å²) < 4.78 is 38.5. The van der Waals surface area contributed by atoms with Crippen molar-refractivity contribution >= 4 is 11.8 Å². The molecule has 0 spiro atoms. The molecule has 1 atom stereocenters. The molecule has 132 valence electrons. The molecule has 0 radical (unpaired) electrons. The highest BCUT2D eigenvalue weighted by molar-refractivity contribution is 8.02. The van der Waals surface area contributed by atoms with Gasteiger partial charge in [0.2, 0.25) is 0 Å². The average molecular weight is 364 g/mol. The molecule has 2 aromatic rings. The Bertz CT molecular complexity index is 758. The number of alkyl halides is 3. The summed E-state index contributed by atoms with van der Waals surface area (Å²) in [6.07, 6.45) is -1.75. The van der Waals surface area contributed by atoms with Crippen LogP contribution >= 0.6 is 11.8 Å². The Labute approximate surface area is 149 Å². The summed E-state index contributed by atoms with van der Waals surface area (Å²) >= 11 is 1.69. The van der Waals surface area contributed by atoms with Gasteiger partial charge in [0.25, 0.3) is 0 Å². The highest BCUT2D eigenvalue weighted by Crippen LogP contribution is 2.39. The number of nitrogens with zero attached hydrogens (tertiary/aromatic N) is 1. The number of nitrogens with two attached hydrogens (primary N) is 1. The number of halogens is 3. The van der Waals surface area contributed by atoms with Crippen LogP contribution in [0.4, 0.5) is 13.2 Å². The van der Waals surface area contributed by atoms with E-state index in [4.69, 9.17) is 5.73 Å². The molecule has 0 saturated carbocycles. The zero-order valence-corrected chi connectivity index (χ0v) is 14.4. The largest absolute Gasteiger partial charge is 0.416 e. The van der Waals surface area contributed by atoms with Gasteiger partial charge in [-0.15, -0.1) is 11.8 Å². The van der Waals surface area contributed by atoms with E-state index < -0.39 is 11.7 Å². The molecule has 0 bridgehead atoms. The Kier molecular flexibility index (Phi) is 5.39. The second-order valence-corrected chi connectivity index (χ2v) is 6.90. The normalized spacial score (nSPS) is 17.3. The number of hydrogen-bond acceptors (Lipinski definition) is 3. The fraction of sp³-hybridized carbons (Fsp3) is 0.263. The van der Waals surface area contributed by atoms with Crippen LogP contribution in [0.3, 0.4) is 0 Å². The summed E-state index contributed by atoms with van der Waals surface area (Å²) in [5.41, 5.74) is 8.03. The van der Waals surface area contributed by atoms with Gasteiger partial charge in [-0.25, -0.2) is 0 Å². The molecule has 1 aliphatic heterocycles. The van der Waals surface area contributed by atoms with Gasteiger partial charge in [-0.05, 0) is 34.6 Å². The minimum Gasteiger partial charge on any atom is -0.360 e. The van der Waals surface area contributed by atoms with Gasteiger partial charge < -0.3 is 10.6 Å². The molecule has 2 aromatic carbocycles. The van der Waals surface area contributed by atoms with Crippen molar-refractivity contribution in [2.24, 2.45) is 5.73 Å². The molecule has 6 heteroatoms. The van der Waals surface area contributed by atoms with Gasteiger partial charge in [-0.1, -0.05) is 42.5 Å². The van der Waals surface area contributed by atoms with Crippen molar-refractivity contribution in [2.75, 3.05) is 6.54 Å². The first-order chi connectivity index (χ1) is 12.0. The molecule has 0 aromatic heterocycles. The molecular weight excluding hydrogens is 345 g/mol. The third kappa shape index (κ3) is 4.38. The van der Waals surface area contributed by atoms with Gasteiger partial charge in [0.1, 0.15) is 5.37 Å². The van der Waals surface area contributed by atoms with Crippen molar-refractivity contribution in [3.05, 3.63) is 82.4 Å². The van der Waals surface area contributed by atoms with Crippen molar-refractivity contribution < 1.29 is 13.2 Å². The molecule has 0 amide bonds. The van der Waals surface area contributed by atoms with Crippen LogP contribution in [0, 0.1) is 0 Å². The average Bonchev–Trinajstić information content (AvgIpc) is 3.08. The molecule has 1 heterocycles. The number of hydrogen-bond donors (Lipinski definition) is 1. The summed E-state index contributed by atoms with van der Waals surface area (Å²) in [6.45, 7) is 1.14. The van der Waals surface area contributed by atoms with Crippen LogP contribution in [0.25, 0.3) is 0 Å². The van der Waals surface area contributed by atoms with Crippen LogP contribution in [0.2, 0.25) is 0 Å². The van der Waals surface area contributed by atoms with Gasteiger partial charge >= 0.3 is 6.18 Å². The monoisotopic (exact) mass is 364 g/mol. The first-order valence-corrected chi connectivity index (χ1v) is 8.94. The van der Waals surface area contributed by atoms with Gasteiger partial charge in [0, 0.05) is 19.3 Å². The van der Waals surface area contributed by atoms with Crippen LogP contribution in [0.5, 0.6) is 0 Å². The SMILES string of the molecule is NCc1cccc(C2SC=CN2CCc2cccc(C(F)(F)F)c2)c1. The molecular formula is C19H19F3N2S. The maximum absolute atomic E-state index is 12.8. The zero-order valence-electron chi connectivity index (χ0n) is 13.5. The van der Waals surface area contributed by atoms with E-state index in [1.54, 1.807) is 17.8 Å². The van der Waals surface area contributed by atoms with E-state index in [1.165, 1.54) is 12.1 Å². The third-order valence-corrected chi connectivity index (χ3v) is 5.23. The van der Waals surface area contributed by atoms with Crippen molar-refractivity contribution in [1.29, 1.82) is 0 Å². The summed E-state index contributed by atoms with van der Waals surface area (Å²) in [6, 6.07) is 13.7. The second-order valence-electron chi connectivity index (χ2n) is 5.91. The van der Waals surface area contributed by atoms with E-state index in [0.717, 1.165) is 17.2 Å². The lowest BCUT2D eigenvalue weighted by Gasteiger charge is -2.25. The van der Waals surface area contributed by atoms with Crippen LogP contribution in [-0.2, 0) is 19.1 Å². The van der Waals surface area contributed by atoms with Crippen LogP contribution in [0.1, 0.15) is 27.6 Å². The Hall–Kier alpha value is -1.92. The first kappa shape index (κ1) is 17.9. The van der Waals surface area contributed by atoms with Gasteiger partial charge in [0.05, 0.1) is 5.56 Å².